The number of ether oxygens (including phenoxy) is 1. The van der Waals surface area contributed by atoms with E-state index in [1.165, 1.54) is 12.8 Å². The molecule has 1 fully saturated rings. The third kappa shape index (κ3) is 3.93. The molecule has 0 spiro atoms. The monoisotopic (exact) mass is 363 g/mol. The summed E-state index contributed by atoms with van der Waals surface area (Å²) in [4.78, 5) is 42.8. The molecule has 0 saturated carbocycles. The Bertz CT molecular complexity index is 702. The Kier molecular flexibility index (Phi) is 5.67. The predicted octanol–water partition coefficient (Wildman–Crippen LogP) is 1.36. The van der Waals surface area contributed by atoms with Crippen molar-refractivity contribution in [1.29, 1.82) is 0 Å². The van der Waals surface area contributed by atoms with Crippen LogP contribution in [-0.4, -0.2) is 66.1 Å². The summed E-state index contributed by atoms with van der Waals surface area (Å²) >= 11 is 0. The number of fused-ring (bicyclic) bond motifs is 1. The summed E-state index contributed by atoms with van der Waals surface area (Å²) in [6.45, 7) is 3.26. The minimum absolute atomic E-state index is 0.0629. The molecule has 2 heterocycles. The molecule has 9 heteroatoms. The van der Waals surface area contributed by atoms with E-state index in [9.17, 15) is 19.7 Å². The smallest absolute Gasteiger partial charge is 0.294 e. The van der Waals surface area contributed by atoms with Gasteiger partial charge in [-0.2, -0.15) is 0 Å². The molecular formula is C17H21N3O6. The van der Waals surface area contributed by atoms with Crippen molar-refractivity contribution in [2.45, 2.75) is 19.3 Å². The van der Waals surface area contributed by atoms with Gasteiger partial charge in [0.05, 0.1) is 17.7 Å². The lowest BCUT2D eigenvalue weighted by atomic mass is 10.1. The topological polar surface area (TPSA) is 102 Å². The van der Waals surface area contributed by atoms with Gasteiger partial charge in [-0.1, -0.05) is 6.07 Å². The molecule has 2 aliphatic rings. The summed E-state index contributed by atoms with van der Waals surface area (Å²) in [5, 5.41) is 9.26. The zero-order valence-electron chi connectivity index (χ0n) is 14.4. The first kappa shape index (κ1) is 18.1. The molecule has 140 valence electrons. The van der Waals surface area contributed by atoms with E-state index in [1.54, 1.807) is 18.2 Å². The second-order valence-electron chi connectivity index (χ2n) is 6.25. The first-order valence-electron chi connectivity index (χ1n) is 8.69. The standard InChI is InChI=1S/C17H21N3O6/c21-16-13-5-3-6-14(25-12-10-18-7-1-2-8-18)15(13)17(22)19(16)9-4-11-26-20(23)24/h3,5-6H,1-2,4,7-12H2. The molecule has 2 amide bonds. The Morgan fingerprint density at radius 1 is 1.08 bits per heavy atom. The van der Waals surface area contributed by atoms with Crippen molar-refractivity contribution in [3.05, 3.63) is 39.4 Å². The van der Waals surface area contributed by atoms with Crippen molar-refractivity contribution >= 4 is 11.8 Å². The lowest BCUT2D eigenvalue weighted by Crippen LogP contribution is -2.31. The largest absolute Gasteiger partial charge is 0.491 e. The molecule has 0 unspecified atom stereocenters. The third-order valence-electron chi connectivity index (χ3n) is 4.55. The highest BCUT2D eigenvalue weighted by molar-refractivity contribution is 6.22. The van der Waals surface area contributed by atoms with E-state index in [0.29, 0.717) is 17.9 Å². The number of likely N-dealkylation sites (tertiary alicyclic amines) is 1. The minimum atomic E-state index is -0.894. The summed E-state index contributed by atoms with van der Waals surface area (Å²) in [6, 6.07) is 4.97. The van der Waals surface area contributed by atoms with Crippen LogP contribution in [0.15, 0.2) is 18.2 Å². The van der Waals surface area contributed by atoms with E-state index >= 15 is 0 Å². The molecule has 0 radical (unpaired) electrons. The van der Waals surface area contributed by atoms with Gasteiger partial charge in [-0.25, -0.2) is 0 Å². The van der Waals surface area contributed by atoms with Crippen LogP contribution in [-0.2, 0) is 4.84 Å². The van der Waals surface area contributed by atoms with Crippen molar-refractivity contribution in [3.63, 3.8) is 0 Å². The second kappa shape index (κ2) is 8.13. The molecule has 1 saturated heterocycles. The molecule has 1 aromatic carbocycles. The van der Waals surface area contributed by atoms with E-state index in [-0.39, 0.29) is 25.1 Å². The highest BCUT2D eigenvalue weighted by Crippen LogP contribution is 2.31. The Hall–Kier alpha value is -2.68. The fraction of sp³-hybridized carbons (Fsp3) is 0.529. The van der Waals surface area contributed by atoms with Crippen molar-refractivity contribution < 1.29 is 24.3 Å². The van der Waals surface area contributed by atoms with Gasteiger partial charge in [-0.05, 0) is 44.5 Å². The normalized spacial score (nSPS) is 16.8. The molecule has 0 atom stereocenters. The molecule has 2 aliphatic heterocycles. The van der Waals surface area contributed by atoms with E-state index in [0.717, 1.165) is 24.5 Å². The van der Waals surface area contributed by atoms with Gasteiger partial charge in [0.25, 0.3) is 16.9 Å². The van der Waals surface area contributed by atoms with Crippen molar-refractivity contribution in [1.82, 2.24) is 9.80 Å². The molecule has 1 aromatic rings. The van der Waals surface area contributed by atoms with E-state index < -0.39 is 16.9 Å². The molecule has 26 heavy (non-hydrogen) atoms. The lowest BCUT2D eigenvalue weighted by molar-refractivity contribution is -0.757. The van der Waals surface area contributed by atoms with Gasteiger partial charge in [0, 0.05) is 13.1 Å². The summed E-state index contributed by atoms with van der Waals surface area (Å²) in [7, 11) is 0. The zero-order chi connectivity index (χ0) is 18.5. The average Bonchev–Trinajstić information content (AvgIpc) is 3.21. The highest BCUT2D eigenvalue weighted by Gasteiger charge is 2.37. The van der Waals surface area contributed by atoms with Gasteiger partial charge in [-0.15, -0.1) is 10.1 Å². The van der Waals surface area contributed by atoms with Gasteiger partial charge in [0.2, 0.25) is 0 Å². The Morgan fingerprint density at radius 2 is 1.85 bits per heavy atom. The molecule has 0 N–H and O–H groups in total. The quantitative estimate of drug-likeness (QED) is 0.282. The molecule has 3 rings (SSSR count). The lowest BCUT2D eigenvalue weighted by Gasteiger charge is -2.16. The number of amides is 2. The Balaban J connectivity index is 1.61. The minimum Gasteiger partial charge on any atom is -0.491 e. The number of carbonyl (C=O) groups is 2. The van der Waals surface area contributed by atoms with Gasteiger partial charge >= 0.3 is 0 Å². The van der Waals surface area contributed by atoms with E-state index in [2.05, 4.69) is 9.74 Å². The zero-order valence-corrected chi connectivity index (χ0v) is 14.4. The summed E-state index contributed by atoms with van der Waals surface area (Å²) < 4.78 is 5.78. The van der Waals surface area contributed by atoms with Crippen LogP contribution in [0.4, 0.5) is 0 Å². The summed E-state index contributed by atoms with van der Waals surface area (Å²) in [6.07, 6.45) is 2.59. The first-order valence-corrected chi connectivity index (χ1v) is 8.69. The fourth-order valence-electron chi connectivity index (χ4n) is 3.28. The molecule has 0 aromatic heterocycles. The van der Waals surface area contributed by atoms with Crippen LogP contribution in [0, 0.1) is 10.1 Å². The fourth-order valence-corrected chi connectivity index (χ4v) is 3.28. The van der Waals surface area contributed by atoms with Crippen LogP contribution in [0.5, 0.6) is 5.75 Å². The maximum atomic E-state index is 12.6. The van der Waals surface area contributed by atoms with E-state index in [1.807, 2.05) is 0 Å². The molecular weight excluding hydrogens is 342 g/mol. The van der Waals surface area contributed by atoms with Crippen molar-refractivity contribution in [2.75, 3.05) is 39.4 Å². The molecule has 0 bridgehead atoms. The number of imide groups is 1. The van der Waals surface area contributed by atoms with Gasteiger partial charge < -0.3 is 9.57 Å². The Labute approximate surface area is 150 Å². The SMILES string of the molecule is O=C1c2cccc(OCCN3CCCC3)c2C(=O)N1CCCO[N+](=O)[O-]. The molecule has 9 nitrogen and oxygen atoms in total. The van der Waals surface area contributed by atoms with Crippen LogP contribution in [0.25, 0.3) is 0 Å². The maximum Gasteiger partial charge on any atom is 0.294 e. The number of hydrogen-bond acceptors (Lipinski definition) is 7. The van der Waals surface area contributed by atoms with Crippen LogP contribution < -0.4 is 4.74 Å². The second-order valence-corrected chi connectivity index (χ2v) is 6.25. The summed E-state index contributed by atoms with van der Waals surface area (Å²) in [5.74, 6) is -0.428. The van der Waals surface area contributed by atoms with Crippen LogP contribution in [0.2, 0.25) is 0 Å². The first-order chi connectivity index (χ1) is 12.6. The predicted molar refractivity (Wildman–Crippen MR) is 90.5 cm³/mol. The number of rotatable bonds is 9. The van der Waals surface area contributed by atoms with E-state index in [4.69, 9.17) is 4.74 Å². The van der Waals surface area contributed by atoms with Crippen molar-refractivity contribution in [3.8, 4) is 5.75 Å². The van der Waals surface area contributed by atoms with Crippen LogP contribution >= 0.6 is 0 Å². The Morgan fingerprint density at radius 3 is 2.58 bits per heavy atom. The van der Waals surface area contributed by atoms with Crippen LogP contribution in [0.1, 0.15) is 40.0 Å². The summed E-state index contributed by atoms with van der Waals surface area (Å²) in [5.41, 5.74) is 0.581. The third-order valence-corrected chi connectivity index (χ3v) is 4.55. The molecule has 0 aliphatic carbocycles. The number of carbonyl (C=O) groups excluding carboxylic acids is 2. The van der Waals surface area contributed by atoms with Crippen LogP contribution in [0.3, 0.4) is 0 Å². The van der Waals surface area contributed by atoms with Gasteiger partial charge in [0.15, 0.2) is 0 Å². The average molecular weight is 363 g/mol. The number of hydrogen-bond donors (Lipinski definition) is 0. The number of nitrogens with zero attached hydrogens (tertiary/aromatic N) is 3. The maximum absolute atomic E-state index is 12.6. The van der Waals surface area contributed by atoms with Gasteiger partial charge in [0.1, 0.15) is 12.4 Å². The number of benzene rings is 1. The van der Waals surface area contributed by atoms with Crippen molar-refractivity contribution in [2.24, 2.45) is 0 Å². The highest BCUT2D eigenvalue weighted by atomic mass is 16.9. The van der Waals surface area contributed by atoms with Gasteiger partial charge in [-0.3, -0.25) is 19.4 Å².